The highest BCUT2D eigenvalue weighted by Gasteiger charge is 2.39. The highest BCUT2D eigenvalue weighted by Crippen LogP contribution is 2.28. The van der Waals surface area contributed by atoms with E-state index in [9.17, 15) is 18.3 Å². The van der Waals surface area contributed by atoms with Crippen LogP contribution in [-0.4, -0.2) is 22.5 Å². The molecule has 92 valence electrons. The summed E-state index contributed by atoms with van der Waals surface area (Å²) in [6, 6.07) is 7.33. The van der Waals surface area contributed by atoms with Crippen LogP contribution in [0, 0.1) is 11.3 Å². The summed E-state index contributed by atoms with van der Waals surface area (Å²) < 4.78 is 36.1. The molecule has 1 aromatic rings. The zero-order valence-corrected chi connectivity index (χ0v) is 8.65. The van der Waals surface area contributed by atoms with E-state index in [-0.39, 0.29) is 5.56 Å². The van der Waals surface area contributed by atoms with Gasteiger partial charge in [0.15, 0.2) is 6.10 Å². The highest BCUT2D eigenvalue weighted by molar-refractivity contribution is 5.32. The van der Waals surface area contributed by atoms with Gasteiger partial charge in [0.1, 0.15) is 0 Å². The Bertz CT molecular complexity index is 408. The molecule has 0 spiro atoms. The summed E-state index contributed by atoms with van der Waals surface area (Å²) in [4.78, 5) is 0. The standard InChI is InChI=1S/C11H10F3NO2/c12-11(13,14)10(17)5-9(16)8-3-1-7(6-15)2-4-8/h1-4,9-10,16-17H,5H2. The summed E-state index contributed by atoms with van der Waals surface area (Å²) in [7, 11) is 0. The Kier molecular flexibility index (Phi) is 4.10. The van der Waals surface area contributed by atoms with Crippen molar-refractivity contribution in [3.8, 4) is 6.07 Å². The van der Waals surface area contributed by atoms with Crippen LogP contribution in [0.3, 0.4) is 0 Å². The minimum Gasteiger partial charge on any atom is -0.388 e. The van der Waals surface area contributed by atoms with Gasteiger partial charge in [-0.3, -0.25) is 0 Å². The first-order valence-corrected chi connectivity index (χ1v) is 4.77. The normalized spacial score (nSPS) is 15.1. The van der Waals surface area contributed by atoms with E-state index in [2.05, 4.69) is 0 Å². The molecule has 0 saturated carbocycles. The molecule has 0 aliphatic rings. The maximum absolute atomic E-state index is 12.0. The van der Waals surface area contributed by atoms with E-state index < -0.39 is 24.8 Å². The van der Waals surface area contributed by atoms with E-state index >= 15 is 0 Å². The molecule has 0 amide bonds. The number of aliphatic hydroxyl groups is 2. The van der Waals surface area contributed by atoms with Crippen molar-refractivity contribution in [1.29, 1.82) is 5.26 Å². The van der Waals surface area contributed by atoms with Gasteiger partial charge in [-0.25, -0.2) is 0 Å². The first-order chi connectivity index (χ1) is 7.84. The fraction of sp³-hybridized carbons (Fsp3) is 0.364. The van der Waals surface area contributed by atoms with Crippen molar-refractivity contribution in [1.82, 2.24) is 0 Å². The van der Waals surface area contributed by atoms with Crippen molar-refractivity contribution in [3.05, 3.63) is 35.4 Å². The Morgan fingerprint density at radius 1 is 1.18 bits per heavy atom. The summed E-state index contributed by atoms with van der Waals surface area (Å²) in [5.74, 6) is 0. The van der Waals surface area contributed by atoms with Gasteiger partial charge in [0.2, 0.25) is 0 Å². The van der Waals surface area contributed by atoms with Crippen LogP contribution in [0.25, 0.3) is 0 Å². The molecule has 0 radical (unpaired) electrons. The molecule has 2 atom stereocenters. The molecule has 0 aromatic heterocycles. The van der Waals surface area contributed by atoms with Crippen LogP contribution < -0.4 is 0 Å². The van der Waals surface area contributed by atoms with E-state index in [1.807, 2.05) is 6.07 Å². The van der Waals surface area contributed by atoms with E-state index in [0.717, 1.165) is 0 Å². The number of nitriles is 1. The first-order valence-electron chi connectivity index (χ1n) is 4.77. The smallest absolute Gasteiger partial charge is 0.388 e. The van der Waals surface area contributed by atoms with Crippen LogP contribution in [0.2, 0.25) is 0 Å². The molecular formula is C11H10F3NO2. The average molecular weight is 245 g/mol. The number of rotatable bonds is 3. The van der Waals surface area contributed by atoms with Crippen molar-refractivity contribution in [3.63, 3.8) is 0 Å². The van der Waals surface area contributed by atoms with Gasteiger partial charge in [0.25, 0.3) is 0 Å². The van der Waals surface area contributed by atoms with Gasteiger partial charge >= 0.3 is 6.18 Å². The number of halogens is 3. The molecule has 3 nitrogen and oxygen atoms in total. The Morgan fingerprint density at radius 3 is 2.12 bits per heavy atom. The third kappa shape index (κ3) is 3.73. The van der Waals surface area contributed by atoms with Crippen LogP contribution in [0.1, 0.15) is 23.7 Å². The minimum atomic E-state index is -4.74. The second-order valence-electron chi connectivity index (χ2n) is 3.54. The highest BCUT2D eigenvalue weighted by atomic mass is 19.4. The van der Waals surface area contributed by atoms with Crippen molar-refractivity contribution in [2.75, 3.05) is 0 Å². The fourth-order valence-corrected chi connectivity index (χ4v) is 1.26. The van der Waals surface area contributed by atoms with Crippen LogP contribution >= 0.6 is 0 Å². The van der Waals surface area contributed by atoms with E-state index in [1.165, 1.54) is 24.3 Å². The lowest BCUT2D eigenvalue weighted by molar-refractivity contribution is -0.211. The topological polar surface area (TPSA) is 64.2 Å². The lowest BCUT2D eigenvalue weighted by atomic mass is 10.0. The molecule has 0 heterocycles. The van der Waals surface area contributed by atoms with E-state index in [0.29, 0.717) is 5.56 Å². The number of alkyl halides is 3. The Balaban J connectivity index is 2.70. The van der Waals surface area contributed by atoms with Gasteiger partial charge in [-0.05, 0) is 17.7 Å². The summed E-state index contributed by atoms with van der Waals surface area (Å²) >= 11 is 0. The molecule has 1 rings (SSSR count). The largest absolute Gasteiger partial charge is 0.414 e. The molecule has 0 bridgehead atoms. The van der Waals surface area contributed by atoms with Crippen LogP contribution in [-0.2, 0) is 0 Å². The maximum atomic E-state index is 12.0. The summed E-state index contributed by atoms with van der Waals surface area (Å²) in [6.07, 6.45) is -9.55. The monoisotopic (exact) mass is 245 g/mol. The minimum absolute atomic E-state index is 0.229. The predicted molar refractivity (Wildman–Crippen MR) is 52.8 cm³/mol. The zero-order chi connectivity index (χ0) is 13.1. The summed E-state index contributed by atoms with van der Waals surface area (Å²) in [6.45, 7) is 0. The van der Waals surface area contributed by atoms with Gasteiger partial charge in [-0.1, -0.05) is 12.1 Å². The zero-order valence-electron chi connectivity index (χ0n) is 8.65. The second-order valence-corrected chi connectivity index (χ2v) is 3.54. The third-order valence-corrected chi connectivity index (χ3v) is 2.25. The Hall–Kier alpha value is -1.58. The summed E-state index contributed by atoms with van der Waals surface area (Å²) in [5.41, 5.74) is 0.574. The second kappa shape index (κ2) is 5.17. The molecule has 0 aliphatic heterocycles. The van der Waals surface area contributed by atoms with Crippen molar-refractivity contribution in [2.45, 2.75) is 24.8 Å². The molecule has 0 fully saturated rings. The molecule has 0 aliphatic carbocycles. The number of hydrogen-bond acceptors (Lipinski definition) is 3. The van der Waals surface area contributed by atoms with Gasteiger partial charge < -0.3 is 10.2 Å². The number of benzene rings is 1. The van der Waals surface area contributed by atoms with Gasteiger partial charge in [0, 0.05) is 6.42 Å². The lowest BCUT2D eigenvalue weighted by Crippen LogP contribution is -2.30. The van der Waals surface area contributed by atoms with Crippen LogP contribution in [0.4, 0.5) is 13.2 Å². The first kappa shape index (κ1) is 13.5. The quantitative estimate of drug-likeness (QED) is 0.854. The van der Waals surface area contributed by atoms with Gasteiger partial charge in [-0.2, -0.15) is 18.4 Å². The average Bonchev–Trinajstić information content (AvgIpc) is 2.27. The lowest BCUT2D eigenvalue weighted by Gasteiger charge is -2.18. The third-order valence-electron chi connectivity index (χ3n) is 2.25. The Labute approximate surface area is 95.7 Å². The molecular weight excluding hydrogens is 235 g/mol. The van der Waals surface area contributed by atoms with Crippen molar-refractivity contribution < 1.29 is 23.4 Å². The molecule has 17 heavy (non-hydrogen) atoms. The maximum Gasteiger partial charge on any atom is 0.414 e. The number of hydrogen-bond donors (Lipinski definition) is 2. The van der Waals surface area contributed by atoms with Gasteiger partial charge in [0.05, 0.1) is 17.7 Å². The predicted octanol–water partition coefficient (Wildman–Crippen LogP) is 1.90. The Morgan fingerprint density at radius 2 is 1.71 bits per heavy atom. The molecule has 0 saturated heterocycles. The molecule has 2 unspecified atom stereocenters. The number of nitrogens with zero attached hydrogens (tertiary/aromatic N) is 1. The van der Waals surface area contributed by atoms with Gasteiger partial charge in [-0.15, -0.1) is 0 Å². The van der Waals surface area contributed by atoms with Crippen LogP contribution in [0.15, 0.2) is 24.3 Å². The van der Waals surface area contributed by atoms with Crippen molar-refractivity contribution in [2.24, 2.45) is 0 Å². The number of aliphatic hydroxyl groups excluding tert-OH is 2. The fourth-order valence-electron chi connectivity index (χ4n) is 1.26. The SMILES string of the molecule is N#Cc1ccc(C(O)CC(O)C(F)(F)F)cc1. The molecule has 6 heteroatoms. The van der Waals surface area contributed by atoms with Crippen molar-refractivity contribution >= 4 is 0 Å². The molecule has 2 N–H and O–H groups in total. The van der Waals surface area contributed by atoms with Crippen LogP contribution in [0.5, 0.6) is 0 Å². The van der Waals surface area contributed by atoms with E-state index in [4.69, 9.17) is 10.4 Å². The molecule has 1 aromatic carbocycles. The summed E-state index contributed by atoms with van der Waals surface area (Å²) in [5, 5.41) is 26.8. The van der Waals surface area contributed by atoms with E-state index in [1.54, 1.807) is 0 Å².